The largest absolute Gasteiger partial charge is 0.496 e. The van der Waals surface area contributed by atoms with E-state index in [1.165, 1.54) is 0 Å². The quantitative estimate of drug-likeness (QED) is 0.495. The smallest absolute Gasteiger partial charge is 0.258 e. The summed E-state index contributed by atoms with van der Waals surface area (Å²) in [5, 5.41) is 15.4. The van der Waals surface area contributed by atoms with Crippen LogP contribution in [0, 0.1) is 12.8 Å². The molecule has 1 aromatic carbocycles. The monoisotopic (exact) mass is 532 g/mol. The summed E-state index contributed by atoms with van der Waals surface area (Å²) in [5.74, 6) is 1.40. The molecule has 208 valence electrons. The summed E-state index contributed by atoms with van der Waals surface area (Å²) >= 11 is 0. The highest BCUT2D eigenvalue weighted by Crippen LogP contribution is 2.35. The van der Waals surface area contributed by atoms with E-state index in [1.807, 2.05) is 53.0 Å². The van der Waals surface area contributed by atoms with Crippen molar-refractivity contribution in [2.24, 2.45) is 10.9 Å². The Labute approximate surface area is 230 Å². The summed E-state index contributed by atoms with van der Waals surface area (Å²) in [4.78, 5) is 27.1. The van der Waals surface area contributed by atoms with E-state index >= 15 is 0 Å². The number of carbonyl (C=O) groups is 1. The highest BCUT2D eigenvalue weighted by molar-refractivity contribution is 5.97. The molecule has 5 rings (SSSR count). The van der Waals surface area contributed by atoms with Crippen molar-refractivity contribution in [3.63, 3.8) is 0 Å². The van der Waals surface area contributed by atoms with Crippen LogP contribution in [0.4, 0.5) is 5.82 Å². The number of ether oxygens (including phenoxy) is 1. The fraction of sp³-hybridized carbons (Fsp3) is 0.533. The van der Waals surface area contributed by atoms with E-state index in [-0.39, 0.29) is 23.3 Å². The lowest BCUT2D eigenvalue weighted by atomic mass is 9.85. The zero-order chi connectivity index (χ0) is 27.9. The number of methoxy groups -OCH3 is 1. The first-order valence-electron chi connectivity index (χ1n) is 13.8. The molecule has 2 aromatic heterocycles. The number of aliphatic hydroxyl groups is 1. The summed E-state index contributed by atoms with van der Waals surface area (Å²) in [6, 6.07) is 7.78. The molecule has 39 heavy (non-hydrogen) atoms. The number of anilines is 1. The van der Waals surface area contributed by atoms with Gasteiger partial charge in [-0.2, -0.15) is 5.10 Å². The molecule has 2 aliphatic rings. The van der Waals surface area contributed by atoms with Crippen LogP contribution in [0.25, 0.3) is 5.65 Å². The minimum absolute atomic E-state index is 0.0107. The number of carbonyl (C=O) groups excluding carboxylic acids is 1. The van der Waals surface area contributed by atoms with E-state index in [9.17, 15) is 9.90 Å². The number of fused-ring (bicyclic) bond motifs is 1. The van der Waals surface area contributed by atoms with Gasteiger partial charge in [-0.1, -0.05) is 26.8 Å². The minimum Gasteiger partial charge on any atom is -0.496 e. The molecule has 2 fully saturated rings. The van der Waals surface area contributed by atoms with Gasteiger partial charge >= 0.3 is 0 Å². The van der Waals surface area contributed by atoms with Crippen LogP contribution in [-0.2, 0) is 5.41 Å². The maximum atomic E-state index is 14.0. The van der Waals surface area contributed by atoms with Gasteiger partial charge in [0.2, 0.25) is 0 Å². The predicted molar refractivity (Wildman–Crippen MR) is 153 cm³/mol. The molecular weight excluding hydrogens is 492 g/mol. The number of β-amino-alcohol motifs (C(OH)–C–C–N with tert-alkyl or cyclic N) is 1. The van der Waals surface area contributed by atoms with Gasteiger partial charge in [0.15, 0.2) is 5.65 Å². The van der Waals surface area contributed by atoms with Crippen molar-refractivity contribution < 1.29 is 14.6 Å². The Morgan fingerprint density at radius 1 is 1.21 bits per heavy atom. The number of benzene rings is 1. The zero-order valence-electron chi connectivity index (χ0n) is 23.9. The highest BCUT2D eigenvalue weighted by Gasteiger charge is 2.34. The minimum atomic E-state index is -0.470. The van der Waals surface area contributed by atoms with Crippen molar-refractivity contribution in [3.05, 3.63) is 52.8 Å². The van der Waals surface area contributed by atoms with E-state index in [0.717, 1.165) is 47.5 Å². The van der Waals surface area contributed by atoms with Gasteiger partial charge in [-0.3, -0.25) is 4.79 Å². The molecule has 3 aromatic rings. The second-order valence-corrected chi connectivity index (χ2v) is 11.8. The summed E-state index contributed by atoms with van der Waals surface area (Å²) in [6.07, 6.45) is 6.17. The van der Waals surface area contributed by atoms with Gasteiger partial charge in [0, 0.05) is 56.6 Å². The molecule has 2 aliphatic heterocycles. The number of piperidine rings is 1. The van der Waals surface area contributed by atoms with Gasteiger partial charge in [-0.25, -0.2) is 9.50 Å². The Kier molecular flexibility index (Phi) is 7.37. The molecule has 0 bridgehead atoms. The second-order valence-electron chi connectivity index (χ2n) is 11.8. The standard InChI is InChI=1S/C30H40N6O3/c1-19-16-36-27(32-28(19)34-17-20(15-31-5)25(37)18-34)14-23(33-36)24-9-7-8-12-35(24)29(38)22-13-21(30(2,3)4)10-11-26(22)39-6/h10-11,13-16,20,24-25,37H,7-9,12,17-18H2,1-6H3. The van der Waals surface area contributed by atoms with Crippen LogP contribution in [0.2, 0.25) is 0 Å². The fourth-order valence-corrected chi connectivity index (χ4v) is 5.80. The predicted octanol–water partition coefficient (Wildman–Crippen LogP) is 4.21. The van der Waals surface area contributed by atoms with Gasteiger partial charge in [0.25, 0.3) is 5.91 Å². The topological polar surface area (TPSA) is 95.6 Å². The van der Waals surface area contributed by atoms with Crippen molar-refractivity contribution in [2.45, 2.75) is 64.5 Å². The lowest BCUT2D eigenvalue weighted by Crippen LogP contribution is -2.39. The number of hydrogen-bond acceptors (Lipinski definition) is 7. The molecule has 0 spiro atoms. The molecule has 4 heterocycles. The number of amides is 1. The molecule has 3 unspecified atom stereocenters. The summed E-state index contributed by atoms with van der Waals surface area (Å²) < 4.78 is 7.42. The fourth-order valence-electron chi connectivity index (χ4n) is 5.80. The SMILES string of the molecule is CN=CC1CN(c2nc3cc(C4CCCCN4C(=O)c4cc(C(C)(C)C)ccc4OC)nn3cc2C)CC1O. The maximum absolute atomic E-state index is 14.0. The first-order valence-corrected chi connectivity index (χ1v) is 13.8. The van der Waals surface area contributed by atoms with E-state index in [1.54, 1.807) is 14.2 Å². The van der Waals surface area contributed by atoms with Gasteiger partial charge in [0.1, 0.15) is 11.6 Å². The number of aliphatic imine (C=N–C) groups is 1. The first-order chi connectivity index (χ1) is 18.6. The molecular formula is C30H40N6O3. The van der Waals surface area contributed by atoms with Crippen LogP contribution in [0.5, 0.6) is 5.75 Å². The van der Waals surface area contributed by atoms with Crippen LogP contribution < -0.4 is 9.64 Å². The molecule has 0 radical (unpaired) electrons. The molecule has 3 atom stereocenters. The van der Waals surface area contributed by atoms with Crippen molar-refractivity contribution in [1.29, 1.82) is 0 Å². The number of hydrogen-bond donors (Lipinski definition) is 1. The number of aliphatic hydroxyl groups excluding tert-OH is 1. The Morgan fingerprint density at radius 2 is 2.00 bits per heavy atom. The van der Waals surface area contributed by atoms with Crippen LogP contribution in [0.1, 0.15) is 73.3 Å². The van der Waals surface area contributed by atoms with Crippen molar-refractivity contribution in [3.8, 4) is 5.75 Å². The third-order valence-electron chi connectivity index (χ3n) is 8.00. The first kappa shape index (κ1) is 27.1. The molecule has 1 amide bonds. The normalized spacial score (nSPS) is 22.3. The lowest BCUT2D eigenvalue weighted by molar-refractivity contribution is 0.0602. The number of nitrogens with zero attached hydrogens (tertiary/aromatic N) is 6. The van der Waals surface area contributed by atoms with Gasteiger partial charge in [0.05, 0.1) is 30.5 Å². The number of aromatic nitrogens is 3. The third-order valence-corrected chi connectivity index (χ3v) is 8.00. The van der Waals surface area contributed by atoms with Crippen LogP contribution in [-0.4, -0.2) is 76.6 Å². The van der Waals surface area contributed by atoms with Crippen LogP contribution in [0.3, 0.4) is 0 Å². The van der Waals surface area contributed by atoms with E-state index in [2.05, 4.69) is 30.7 Å². The molecule has 0 saturated carbocycles. The second kappa shape index (κ2) is 10.6. The van der Waals surface area contributed by atoms with Crippen molar-refractivity contribution in [1.82, 2.24) is 19.5 Å². The molecule has 9 nitrogen and oxygen atoms in total. The molecule has 9 heteroatoms. The van der Waals surface area contributed by atoms with E-state index < -0.39 is 6.10 Å². The Hall–Kier alpha value is -3.46. The average molecular weight is 533 g/mol. The Bertz CT molecular complexity index is 1390. The van der Waals surface area contributed by atoms with Crippen LogP contribution >= 0.6 is 0 Å². The average Bonchev–Trinajstić information content (AvgIpc) is 3.49. The van der Waals surface area contributed by atoms with Gasteiger partial charge in [-0.15, -0.1) is 0 Å². The van der Waals surface area contributed by atoms with E-state index in [4.69, 9.17) is 14.8 Å². The van der Waals surface area contributed by atoms with Gasteiger partial charge < -0.3 is 24.6 Å². The Balaban J connectivity index is 1.47. The van der Waals surface area contributed by atoms with Crippen LogP contribution in [0.15, 0.2) is 35.5 Å². The summed E-state index contributed by atoms with van der Waals surface area (Å²) in [6.45, 7) is 10.3. The maximum Gasteiger partial charge on any atom is 0.258 e. The number of likely N-dealkylation sites (tertiary alicyclic amines) is 1. The zero-order valence-corrected chi connectivity index (χ0v) is 23.9. The molecule has 1 N–H and O–H groups in total. The van der Waals surface area contributed by atoms with E-state index in [0.29, 0.717) is 30.9 Å². The Morgan fingerprint density at radius 3 is 2.72 bits per heavy atom. The van der Waals surface area contributed by atoms with Crippen molar-refractivity contribution in [2.75, 3.05) is 38.7 Å². The number of rotatable bonds is 5. The van der Waals surface area contributed by atoms with Crippen molar-refractivity contribution >= 4 is 23.6 Å². The number of aryl methyl sites for hydroxylation is 1. The molecule has 0 aliphatic carbocycles. The van der Waals surface area contributed by atoms with Gasteiger partial charge in [-0.05, 0) is 49.3 Å². The molecule has 2 saturated heterocycles. The third kappa shape index (κ3) is 5.24. The summed E-state index contributed by atoms with van der Waals surface area (Å²) in [5.41, 5.74) is 4.17. The lowest BCUT2D eigenvalue weighted by Gasteiger charge is -2.35. The highest BCUT2D eigenvalue weighted by atomic mass is 16.5. The summed E-state index contributed by atoms with van der Waals surface area (Å²) in [7, 11) is 3.34.